The molecule has 2 heterocycles. The van der Waals surface area contributed by atoms with Crippen LogP contribution in [-0.4, -0.2) is 48.6 Å². The molecule has 0 aromatic carbocycles. The van der Waals surface area contributed by atoms with Crippen molar-refractivity contribution in [1.82, 2.24) is 8.61 Å². The van der Waals surface area contributed by atoms with Crippen LogP contribution in [0.4, 0.5) is 0 Å². The summed E-state index contributed by atoms with van der Waals surface area (Å²) >= 11 is 5.89. The zero-order valence-electron chi connectivity index (χ0n) is 12.0. The normalized spacial score (nSPS) is 34.2. The fourth-order valence-electron chi connectivity index (χ4n) is 4.14. The van der Waals surface area contributed by atoms with E-state index in [1.807, 2.05) is 4.31 Å². The van der Waals surface area contributed by atoms with Gasteiger partial charge in [0.15, 0.2) is 0 Å². The summed E-state index contributed by atoms with van der Waals surface area (Å²) in [4.78, 5) is 0. The molecule has 0 aromatic heterocycles. The smallest absolute Gasteiger partial charge is 0.195 e. The van der Waals surface area contributed by atoms with Gasteiger partial charge in [0.05, 0.1) is 0 Å². The van der Waals surface area contributed by atoms with Gasteiger partial charge in [0.1, 0.15) is 0 Å². The van der Waals surface area contributed by atoms with E-state index in [1.165, 1.54) is 19.3 Å². The monoisotopic (exact) mass is 320 g/mol. The Morgan fingerprint density at radius 3 is 2.35 bits per heavy atom. The zero-order valence-corrected chi connectivity index (χ0v) is 13.6. The Labute approximate surface area is 127 Å². The SMILES string of the molecule is O=S(=O)(N1CCC(CCl)CC1)N1CCCC2CCCC21. The third-order valence-corrected chi connectivity index (χ3v) is 7.86. The van der Waals surface area contributed by atoms with Crippen LogP contribution in [0.1, 0.15) is 44.9 Å². The highest BCUT2D eigenvalue weighted by molar-refractivity contribution is 7.86. The highest BCUT2D eigenvalue weighted by Crippen LogP contribution is 2.39. The van der Waals surface area contributed by atoms with Crippen LogP contribution >= 0.6 is 11.6 Å². The molecule has 0 spiro atoms. The van der Waals surface area contributed by atoms with Crippen molar-refractivity contribution in [1.29, 1.82) is 0 Å². The second-order valence-corrected chi connectivity index (χ2v) is 8.71. The molecule has 0 aromatic rings. The Bertz CT molecular complexity index is 434. The van der Waals surface area contributed by atoms with Crippen molar-refractivity contribution >= 4 is 21.8 Å². The predicted molar refractivity (Wildman–Crippen MR) is 81.0 cm³/mol. The summed E-state index contributed by atoms with van der Waals surface area (Å²) in [7, 11) is -3.25. The minimum absolute atomic E-state index is 0.277. The predicted octanol–water partition coefficient (Wildman–Crippen LogP) is 2.45. The summed E-state index contributed by atoms with van der Waals surface area (Å²) in [5.74, 6) is 1.75. The van der Waals surface area contributed by atoms with Gasteiger partial charge in [-0.3, -0.25) is 0 Å². The summed E-state index contributed by atoms with van der Waals surface area (Å²) in [6.45, 7) is 2.01. The molecular formula is C14H25ClN2O2S. The molecule has 20 heavy (non-hydrogen) atoms. The van der Waals surface area contributed by atoms with Gasteiger partial charge in [-0.2, -0.15) is 17.0 Å². The quantitative estimate of drug-likeness (QED) is 0.749. The van der Waals surface area contributed by atoms with Crippen molar-refractivity contribution in [3.63, 3.8) is 0 Å². The molecule has 2 atom stereocenters. The molecule has 1 aliphatic carbocycles. The second-order valence-electron chi connectivity index (χ2n) is 6.52. The Balaban J connectivity index is 1.71. The van der Waals surface area contributed by atoms with Crippen LogP contribution in [0, 0.1) is 11.8 Å². The summed E-state index contributed by atoms with van der Waals surface area (Å²) in [6, 6.07) is 0.277. The van der Waals surface area contributed by atoms with Crippen LogP contribution in [0.15, 0.2) is 0 Å². The van der Waals surface area contributed by atoms with E-state index >= 15 is 0 Å². The number of alkyl halides is 1. The lowest BCUT2D eigenvalue weighted by atomic mass is 9.94. The summed E-state index contributed by atoms with van der Waals surface area (Å²) in [5.41, 5.74) is 0. The van der Waals surface area contributed by atoms with Gasteiger partial charge in [-0.05, 0) is 50.4 Å². The van der Waals surface area contributed by atoms with Gasteiger partial charge in [0.2, 0.25) is 0 Å². The minimum atomic E-state index is -3.25. The third-order valence-electron chi connectivity index (χ3n) is 5.36. The van der Waals surface area contributed by atoms with Crippen LogP contribution in [0.2, 0.25) is 0 Å². The molecule has 3 fully saturated rings. The molecule has 3 rings (SSSR count). The molecule has 4 nitrogen and oxygen atoms in total. The number of rotatable bonds is 3. The number of hydrogen-bond donors (Lipinski definition) is 0. The van der Waals surface area contributed by atoms with E-state index in [4.69, 9.17) is 11.6 Å². The van der Waals surface area contributed by atoms with E-state index in [1.54, 1.807) is 4.31 Å². The first-order chi connectivity index (χ1) is 9.63. The zero-order chi connectivity index (χ0) is 14.2. The fraction of sp³-hybridized carbons (Fsp3) is 1.00. The van der Waals surface area contributed by atoms with Crippen LogP contribution in [0.3, 0.4) is 0 Å². The van der Waals surface area contributed by atoms with Crippen molar-refractivity contribution in [2.24, 2.45) is 11.8 Å². The minimum Gasteiger partial charge on any atom is -0.195 e. The van der Waals surface area contributed by atoms with Crippen LogP contribution in [0.25, 0.3) is 0 Å². The Morgan fingerprint density at radius 2 is 1.65 bits per heavy atom. The Hall–Kier alpha value is 0.160. The molecule has 2 saturated heterocycles. The molecule has 0 radical (unpaired) electrons. The second kappa shape index (κ2) is 6.11. The van der Waals surface area contributed by atoms with Crippen molar-refractivity contribution in [3.8, 4) is 0 Å². The maximum atomic E-state index is 12.9. The van der Waals surface area contributed by atoms with Gasteiger partial charge in [0.25, 0.3) is 10.2 Å². The lowest BCUT2D eigenvalue weighted by molar-refractivity contribution is 0.180. The number of halogens is 1. The van der Waals surface area contributed by atoms with E-state index in [2.05, 4.69) is 0 Å². The Morgan fingerprint density at radius 1 is 0.950 bits per heavy atom. The molecule has 0 N–H and O–H groups in total. The van der Waals surface area contributed by atoms with Gasteiger partial charge in [0, 0.05) is 31.6 Å². The molecule has 116 valence electrons. The number of fused-ring (bicyclic) bond motifs is 1. The molecule has 1 saturated carbocycles. The van der Waals surface area contributed by atoms with E-state index in [9.17, 15) is 8.42 Å². The van der Waals surface area contributed by atoms with Crippen LogP contribution < -0.4 is 0 Å². The molecular weight excluding hydrogens is 296 g/mol. The Kier molecular flexibility index (Phi) is 4.60. The largest absolute Gasteiger partial charge is 0.282 e. The van der Waals surface area contributed by atoms with Crippen LogP contribution in [-0.2, 0) is 10.2 Å². The lowest BCUT2D eigenvalue weighted by Gasteiger charge is -2.41. The third kappa shape index (κ3) is 2.74. The lowest BCUT2D eigenvalue weighted by Crippen LogP contribution is -2.53. The average molecular weight is 321 g/mol. The van der Waals surface area contributed by atoms with E-state index in [0.29, 0.717) is 30.8 Å². The van der Waals surface area contributed by atoms with Gasteiger partial charge < -0.3 is 0 Å². The molecule has 6 heteroatoms. The number of nitrogens with zero attached hydrogens (tertiary/aromatic N) is 2. The first-order valence-corrected chi connectivity index (χ1v) is 9.89. The molecule has 0 amide bonds. The van der Waals surface area contributed by atoms with Crippen molar-refractivity contribution in [3.05, 3.63) is 0 Å². The molecule has 2 unspecified atom stereocenters. The van der Waals surface area contributed by atoms with Gasteiger partial charge in [-0.15, -0.1) is 11.6 Å². The first kappa shape index (κ1) is 15.1. The first-order valence-electron chi connectivity index (χ1n) is 7.96. The number of piperidine rings is 2. The van der Waals surface area contributed by atoms with Gasteiger partial charge >= 0.3 is 0 Å². The molecule has 0 bridgehead atoms. The molecule has 3 aliphatic rings. The average Bonchev–Trinajstić information content (AvgIpc) is 2.95. The van der Waals surface area contributed by atoms with Gasteiger partial charge in [-0.25, -0.2) is 0 Å². The summed E-state index contributed by atoms with van der Waals surface area (Å²) in [6.07, 6.45) is 7.52. The van der Waals surface area contributed by atoms with E-state index in [-0.39, 0.29) is 6.04 Å². The van der Waals surface area contributed by atoms with Crippen LogP contribution in [0.5, 0.6) is 0 Å². The van der Waals surface area contributed by atoms with Crippen molar-refractivity contribution in [2.75, 3.05) is 25.5 Å². The fourth-order valence-corrected chi connectivity index (χ4v) is 6.39. The van der Waals surface area contributed by atoms with Crippen molar-refractivity contribution in [2.45, 2.75) is 51.0 Å². The highest BCUT2D eigenvalue weighted by atomic mass is 35.5. The van der Waals surface area contributed by atoms with E-state index < -0.39 is 10.2 Å². The highest BCUT2D eigenvalue weighted by Gasteiger charge is 2.43. The van der Waals surface area contributed by atoms with E-state index in [0.717, 1.165) is 32.2 Å². The summed E-state index contributed by atoms with van der Waals surface area (Å²) < 4.78 is 29.3. The van der Waals surface area contributed by atoms with Gasteiger partial charge in [-0.1, -0.05) is 6.42 Å². The topological polar surface area (TPSA) is 40.6 Å². The van der Waals surface area contributed by atoms with Crippen molar-refractivity contribution < 1.29 is 8.42 Å². The maximum Gasteiger partial charge on any atom is 0.282 e. The maximum absolute atomic E-state index is 12.9. The summed E-state index contributed by atoms with van der Waals surface area (Å²) in [5, 5.41) is 0. The standard InChI is InChI=1S/C14H25ClN2O2S/c15-11-12-6-9-16(10-7-12)20(18,19)17-8-2-4-13-3-1-5-14(13)17/h12-14H,1-11H2. The number of hydrogen-bond acceptors (Lipinski definition) is 2. The molecule has 2 aliphatic heterocycles.